The number of rotatable bonds is 6. The fourth-order valence-electron chi connectivity index (χ4n) is 1.56. The Morgan fingerprint density at radius 2 is 2.05 bits per heavy atom. The van der Waals surface area contributed by atoms with Crippen molar-refractivity contribution in [1.29, 1.82) is 0 Å². The fourth-order valence-corrected chi connectivity index (χ4v) is 1.73. The average molecular weight is 290 g/mol. The van der Waals surface area contributed by atoms with Crippen LogP contribution in [0.4, 0.5) is 10.1 Å². The van der Waals surface area contributed by atoms with Gasteiger partial charge in [0.25, 0.3) is 0 Å². The second-order valence-electron chi connectivity index (χ2n) is 3.95. The van der Waals surface area contributed by atoms with Gasteiger partial charge in [-0.15, -0.1) is 0 Å². The van der Waals surface area contributed by atoms with E-state index in [-0.39, 0.29) is 18.0 Å². The van der Waals surface area contributed by atoms with Crippen LogP contribution in [0.5, 0.6) is 0 Å². The summed E-state index contributed by atoms with van der Waals surface area (Å²) in [6, 6.07) is 2.81. The van der Waals surface area contributed by atoms with Crippen LogP contribution in [-0.2, 0) is 9.59 Å². The summed E-state index contributed by atoms with van der Waals surface area (Å²) in [6.07, 6.45) is -0.230. The molecule has 0 amide bonds. The van der Waals surface area contributed by atoms with Crippen molar-refractivity contribution in [3.8, 4) is 0 Å². The lowest BCUT2D eigenvalue weighted by molar-refractivity contribution is -0.139. The first kappa shape index (κ1) is 15.2. The van der Waals surface area contributed by atoms with Gasteiger partial charge < -0.3 is 15.1 Å². The largest absolute Gasteiger partial charge is 0.481 e. The molecule has 1 atom stereocenters. The summed E-state index contributed by atoms with van der Waals surface area (Å²) < 4.78 is 13.1. The van der Waals surface area contributed by atoms with Crippen LogP contribution in [-0.4, -0.2) is 34.7 Å². The smallest absolute Gasteiger partial charge is 0.326 e. The normalized spacial score (nSPS) is 11.9. The summed E-state index contributed by atoms with van der Waals surface area (Å²) in [5, 5.41) is 17.5. The van der Waals surface area contributed by atoms with Gasteiger partial charge in [-0.2, -0.15) is 0 Å². The van der Waals surface area contributed by atoms with Crippen LogP contribution in [0, 0.1) is 5.82 Å². The van der Waals surface area contributed by atoms with Gasteiger partial charge in [0.15, 0.2) is 0 Å². The molecular formula is C12H13ClFNO4. The van der Waals surface area contributed by atoms with E-state index in [1.165, 1.54) is 24.0 Å². The van der Waals surface area contributed by atoms with E-state index in [0.29, 0.717) is 5.69 Å². The van der Waals surface area contributed by atoms with E-state index in [1.807, 2.05) is 0 Å². The maximum absolute atomic E-state index is 13.1. The molecule has 0 bridgehead atoms. The Balaban J connectivity index is 3.03. The summed E-state index contributed by atoms with van der Waals surface area (Å²) in [5.41, 5.74) is 0.363. The summed E-state index contributed by atoms with van der Waals surface area (Å²) >= 11 is 5.64. The Morgan fingerprint density at radius 1 is 1.42 bits per heavy atom. The zero-order chi connectivity index (χ0) is 14.6. The van der Waals surface area contributed by atoms with Gasteiger partial charge in [0.1, 0.15) is 11.9 Å². The number of carboxylic acids is 2. The van der Waals surface area contributed by atoms with Crippen molar-refractivity contribution in [2.24, 2.45) is 0 Å². The highest BCUT2D eigenvalue weighted by Gasteiger charge is 2.22. The molecule has 1 rings (SSSR count). The zero-order valence-corrected chi connectivity index (χ0v) is 10.9. The molecular weight excluding hydrogens is 277 g/mol. The fraction of sp³-hybridized carbons (Fsp3) is 0.333. The lowest BCUT2D eigenvalue weighted by atomic mass is 10.2. The number of benzene rings is 1. The maximum atomic E-state index is 13.1. The van der Waals surface area contributed by atoms with Crippen LogP contribution in [0.2, 0.25) is 5.02 Å². The molecule has 0 radical (unpaired) electrons. The van der Waals surface area contributed by atoms with Gasteiger partial charge in [-0.25, -0.2) is 9.18 Å². The van der Waals surface area contributed by atoms with Gasteiger partial charge >= 0.3 is 11.9 Å². The summed E-state index contributed by atoms with van der Waals surface area (Å²) in [4.78, 5) is 23.0. The maximum Gasteiger partial charge on any atom is 0.326 e. The monoisotopic (exact) mass is 289 g/mol. The van der Waals surface area contributed by atoms with Crippen molar-refractivity contribution >= 4 is 29.2 Å². The Morgan fingerprint density at radius 3 is 2.53 bits per heavy atom. The molecule has 0 heterocycles. The molecule has 7 heteroatoms. The van der Waals surface area contributed by atoms with Crippen molar-refractivity contribution in [2.45, 2.75) is 19.4 Å². The van der Waals surface area contributed by atoms with E-state index in [4.69, 9.17) is 21.8 Å². The average Bonchev–Trinajstić information content (AvgIpc) is 2.33. The molecule has 0 aliphatic rings. The molecule has 2 N–H and O–H groups in total. The van der Waals surface area contributed by atoms with E-state index < -0.39 is 23.8 Å². The van der Waals surface area contributed by atoms with Crippen LogP contribution >= 0.6 is 11.6 Å². The van der Waals surface area contributed by atoms with E-state index >= 15 is 0 Å². The van der Waals surface area contributed by atoms with Crippen LogP contribution in [0.25, 0.3) is 0 Å². The predicted molar refractivity (Wildman–Crippen MR) is 68.1 cm³/mol. The predicted octanol–water partition coefficient (Wildman–Crippen LogP) is 2.23. The molecule has 0 fully saturated rings. The number of hydrogen-bond acceptors (Lipinski definition) is 3. The molecule has 0 saturated heterocycles. The van der Waals surface area contributed by atoms with Crippen molar-refractivity contribution in [2.75, 3.05) is 11.4 Å². The Bertz CT molecular complexity index is 495. The van der Waals surface area contributed by atoms with Crippen LogP contribution < -0.4 is 4.90 Å². The molecule has 0 aliphatic heterocycles. The first-order chi connectivity index (χ1) is 8.82. The summed E-state index contributed by atoms with van der Waals surface area (Å²) in [5.74, 6) is -2.77. The van der Waals surface area contributed by atoms with E-state index in [9.17, 15) is 14.0 Å². The minimum Gasteiger partial charge on any atom is -0.481 e. The third kappa shape index (κ3) is 4.10. The van der Waals surface area contributed by atoms with E-state index in [0.717, 1.165) is 6.07 Å². The number of halogens is 2. The number of aliphatic carboxylic acids is 2. The summed E-state index contributed by atoms with van der Waals surface area (Å²) in [6.45, 7) is 1.41. The van der Waals surface area contributed by atoms with Crippen molar-refractivity contribution in [3.05, 3.63) is 29.0 Å². The molecule has 0 aliphatic carbocycles. The topological polar surface area (TPSA) is 77.8 Å². The Kier molecular flexibility index (Phi) is 5.11. The van der Waals surface area contributed by atoms with Crippen molar-refractivity contribution in [3.63, 3.8) is 0 Å². The molecule has 0 saturated carbocycles. The van der Waals surface area contributed by atoms with Crippen molar-refractivity contribution < 1.29 is 24.2 Å². The van der Waals surface area contributed by atoms with Gasteiger partial charge in [0, 0.05) is 12.2 Å². The van der Waals surface area contributed by atoms with Gasteiger partial charge in [-0.05, 0) is 25.1 Å². The van der Waals surface area contributed by atoms with E-state index in [1.54, 1.807) is 0 Å². The summed E-state index contributed by atoms with van der Waals surface area (Å²) in [7, 11) is 0. The second kappa shape index (κ2) is 6.38. The minimum atomic E-state index is -1.11. The van der Waals surface area contributed by atoms with Crippen molar-refractivity contribution in [1.82, 2.24) is 0 Å². The quantitative estimate of drug-likeness (QED) is 0.840. The third-order valence-electron chi connectivity index (χ3n) is 2.63. The zero-order valence-electron chi connectivity index (χ0n) is 10.1. The SMILES string of the molecule is CC(C(=O)O)N(CCC(=O)O)c1ccc(F)c(Cl)c1. The molecule has 0 spiro atoms. The number of hydrogen-bond donors (Lipinski definition) is 2. The minimum absolute atomic E-state index is 0.00917. The highest BCUT2D eigenvalue weighted by molar-refractivity contribution is 6.31. The molecule has 5 nitrogen and oxygen atoms in total. The number of anilines is 1. The van der Waals surface area contributed by atoms with Gasteiger partial charge in [-0.1, -0.05) is 11.6 Å². The molecule has 0 aromatic heterocycles. The Hall–Kier alpha value is -1.82. The number of nitrogens with zero attached hydrogens (tertiary/aromatic N) is 1. The van der Waals surface area contributed by atoms with Crippen LogP contribution in [0.3, 0.4) is 0 Å². The lowest BCUT2D eigenvalue weighted by Gasteiger charge is -2.28. The molecule has 1 unspecified atom stereocenters. The van der Waals surface area contributed by atoms with Gasteiger partial charge in [0.2, 0.25) is 0 Å². The molecule has 19 heavy (non-hydrogen) atoms. The molecule has 104 valence electrons. The van der Waals surface area contributed by atoms with Gasteiger partial charge in [0.05, 0.1) is 11.4 Å². The Labute approximate surface area is 114 Å². The lowest BCUT2D eigenvalue weighted by Crippen LogP contribution is -2.40. The first-order valence-corrected chi connectivity index (χ1v) is 5.87. The first-order valence-electron chi connectivity index (χ1n) is 5.49. The van der Waals surface area contributed by atoms with Crippen LogP contribution in [0.15, 0.2) is 18.2 Å². The molecule has 1 aromatic rings. The number of carbonyl (C=O) groups is 2. The highest BCUT2D eigenvalue weighted by atomic mass is 35.5. The van der Waals surface area contributed by atoms with Gasteiger partial charge in [-0.3, -0.25) is 4.79 Å². The second-order valence-corrected chi connectivity index (χ2v) is 4.36. The standard InChI is InChI=1S/C12H13ClFNO4/c1-7(12(18)19)15(5-4-11(16)17)8-2-3-10(14)9(13)6-8/h2-3,6-7H,4-5H2,1H3,(H,16,17)(H,18,19). The van der Waals surface area contributed by atoms with Crippen LogP contribution in [0.1, 0.15) is 13.3 Å². The third-order valence-corrected chi connectivity index (χ3v) is 2.92. The highest BCUT2D eigenvalue weighted by Crippen LogP contribution is 2.24. The number of carboxylic acid groups (broad SMARTS) is 2. The molecule has 1 aromatic carbocycles. The van der Waals surface area contributed by atoms with E-state index in [2.05, 4.69) is 0 Å².